The molecule has 0 aliphatic heterocycles. The topological polar surface area (TPSA) is 102 Å². The van der Waals surface area contributed by atoms with Crippen molar-refractivity contribution in [1.82, 2.24) is 0 Å². The Morgan fingerprint density at radius 3 is 0.500 bits per heavy atom. The molecule has 0 aromatic carbocycles. The number of Topliss-reactive ketones (excluding diaryl/α,β-unsaturated/α-hetero) is 6. The van der Waals surface area contributed by atoms with Crippen LogP contribution in [0.5, 0.6) is 0 Å². The summed E-state index contributed by atoms with van der Waals surface area (Å²) in [7, 11) is 0. The summed E-state index contributed by atoms with van der Waals surface area (Å²) in [6.07, 6.45) is 3.17. The summed E-state index contributed by atoms with van der Waals surface area (Å²) in [6.45, 7) is 8.09. The van der Waals surface area contributed by atoms with E-state index >= 15 is 0 Å². The quantitative estimate of drug-likeness (QED) is 0.445. The van der Waals surface area contributed by atoms with Crippen LogP contribution in [0.2, 0.25) is 0 Å². The molecule has 0 rings (SSSR count). The van der Waals surface area contributed by atoms with E-state index in [2.05, 4.69) is 0 Å². The SMILES string of the molecule is CC(=O)[CH-]C(C)=O.CC(=O)[CH-]C(C)=O.CC(=O)[CH-]C(C)=O.[Eu]. The maximum atomic E-state index is 9.98. The fraction of sp³-hybridized carbons (Fsp3) is 0.400. The van der Waals surface area contributed by atoms with E-state index in [0.717, 1.165) is 19.3 Å². The van der Waals surface area contributed by atoms with Crippen LogP contribution in [0.4, 0.5) is 0 Å². The van der Waals surface area contributed by atoms with E-state index in [1.54, 1.807) is 0 Å². The van der Waals surface area contributed by atoms with Crippen LogP contribution in [0.15, 0.2) is 0 Å². The number of rotatable bonds is 6. The van der Waals surface area contributed by atoms with E-state index in [4.69, 9.17) is 0 Å². The predicted octanol–water partition coefficient (Wildman–Crippen LogP) is 1.11. The Morgan fingerprint density at radius 2 is 0.500 bits per heavy atom. The Kier molecular flexibility index (Phi) is 24.3. The number of hydrogen-bond acceptors (Lipinski definition) is 6. The summed E-state index contributed by atoms with van der Waals surface area (Å²) in [5.41, 5.74) is 0. The van der Waals surface area contributed by atoms with Crippen molar-refractivity contribution in [1.29, 1.82) is 0 Å². The molecule has 0 saturated carbocycles. The first-order valence-electron chi connectivity index (χ1n) is 5.96. The van der Waals surface area contributed by atoms with Crippen molar-refractivity contribution >= 4 is 34.7 Å². The largest absolute Gasteiger partial charge is 0.334 e. The van der Waals surface area contributed by atoms with Gasteiger partial charge in [-0.1, -0.05) is 0 Å². The summed E-state index contributed by atoms with van der Waals surface area (Å²) in [5.74, 6) is -1.12. The minimum atomic E-state index is -0.187. The second-order valence-electron chi connectivity index (χ2n) is 4.10. The summed E-state index contributed by atoms with van der Waals surface area (Å²) in [5, 5.41) is 0. The van der Waals surface area contributed by atoms with E-state index < -0.39 is 0 Å². The molecule has 0 saturated heterocycles. The third-order valence-electron chi connectivity index (χ3n) is 1.22. The summed E-state index contributed by atoms with van der Waals surface area (Å²) in [4.78, 5) is 59.9. The van der Waals surface area contributed by atoms with Crippen LogP contribution >= 0.6 is 0 Å². The zero-order chi connectivity index (χ0) is 17.6. The van der Waals surface area contributed by atoms with Crippen molar-refractivity contribution in [2.45, 2.75) is 41.5 Å². The van der Waals surface area contributed by atoms with Crippen molar-refractivity contribution in [3.05, 3.63) is 19.3 Å². The van der Waals surface area contributed by atoms with Crippen molar-refractivity contribution in [3.8, 4) is 0 Å². The van der Waals surface area contributed by atoms with Crippen LogP contribution in [0.3, 0.4) is 0 Å². The van der Waals surface area contributed by atoms with Crippen molar-refractivity contribution in [2.24, 2.45) is 0 Å². The van der Waals surface area contributed by atoms with Gasteiger partial charge in [-0.15, -0.1) is 0 Å². The van der Waals surface area contributed by atoms with Crippen LogP contribution in [0.1, 0.15) is 41.5 Å². The number of ketones is 6. The van der Waals surface area contributed by atoms with Gasteiger partial charge in [-0.2, -0.15) is 0 Å². The Hall–Kier alpha value is -0.786. The van der Waals surface area contributed by atoms with Gasteiger partial charge in [0.05, 0.1) is 0 Å². The molecule has 0 amide bonds. The van der Waals surface area contributed by atoms with Gasteiger partial charge in [0.2, 0.25) is 0 Å². The molecule has 0 unspecified atom stereocenters. The molecule has 0 aliphatic carbocycles. The maximum Gasteiger partial charge on any atom is 0.00219 e. The summed E-state index contributed by atoms with van der Waals surface area (Å²) >= 11 is 0. The monoisotopic (exact) mass is 450 g/mol. The van der Waals surface area contributed by atoms with Gasteiger partial charge < -0.3 is 28.8 Å². The molecule has 6 nitrogen and oxygen atoms in total. The molecule has 0 aliphatic rings. The molecule has 0 aromatic rings. The number of carbonyl (C=O) groups excluding carboxylic acids is 6. The smallest absolute Gasteiger partial charge is 0.00219 e. The number of carbonyl (C=O) groups is 6. The molecule has 7 heteroatoms. The second kappa shape index (κ2) is 18.3. The standard InChI is InChI=1S/3C5H7O2.Eu/c3*1-4(6)3-5(2)7;/h3*3H,1-2H3;/q3*-1;. The molecule has 0 N–H and O–H groups in total. The Bertz CT molecular complexity index is 314. The molecule has 0 aromatic heterocycles. The average Bonchev–Trinajstić information content (AvgIpc) is 2.10. The minimum absolute atomic E-state index is 0. The zero-order valence-electron chi connectivity index (χ0n) is 13.6. The van der Waals surface area contributed by atoms with Gasteiger partial charge in [-0.25, -0.2) is 0 Å². The van der Waals surface area contributed by atoms with Crippen LogP contribution in [0, 0.1) is 68.6 Å². The Labute approximate surface area is 172 Å². The molecule has 0 atom stereocenters. The molecule has 127 valence electrons. The van der Waals surface area contributed by atoms with Gasteiger partial charge in [0, 0.05) is 84.1 Å². The normalized spacial score (nSPS) is 7.36. The van der Waals surface area contributed by atoms with Gasteiger partial charge >= 0.3 is 0 Å². The molecule has 1 radical (unpaired) electrons. The first-order chi connectivity index (χ1) is 9.38. The summed E-state index contributed by atoms with van der Waals surface area (Å²) < 4.78 is 0. The third-order valence-corrected chi connectivity index (χ3v) is 1.22. The van der Waals surface area contributed by atoms with Gasteiger partial charge in [-0.3, -0.25) is 19.3 Å². The molecular formula is C15H21EuO6-3. The van der Waals surface area contributed by atoms with Gasteiger partial charge in [0.1, 0.15) is 0 Å². The van der Waals surface area contributed by atoms with Gasteiger partial charge in [-0.05, 0) is 41.5 Å². The van der Waals surface area contributed by atoms with Gasteiger partial charge in [0.15, 0.2) is 0 Å². The fourth-order valence-electron chi connectivity index (χ4n) is 0.859. The Morgan fingerprint density at radius 1 is 0.409 bits per heavy atom. The first-order valence-corrected chi connectivity index (χ1v) is 5.96. The third kappa shape index (κ3) is 50.7. The molecule has 0 spiro atoms. The van der Waals surface area contributed by atoms with Crippen molar-refractivity contribution < 1.29 is 78.1 Å². The minimum Gasteiger partial charge on any atom is -0.334 e. The average molecular weight is 449 g/mol. The van der Waals surface area contributed by atoms with E-state index in [9.17, 15) is 28.8 Å². The van der Waals surface area contributed by atoms with E-state index in [1.807, 2.05) is 0 Å². The van der Waals surface area contributed by atoms with E-state index in [1.165, 1.54) is 41.5 Å². The van der Waals surface area contributed by atoms with Crippen LogP contribution in [0.25, 0.3) is 0 Å². The van der Waals surface area contributed by atoms with Crippen LogP contribution < -0.4 is 0 Å². The van der Waals surface area contributed by atoms with Crippen molar-refractivity contribution in [2.75, 3.05) is 0 Å². The van der Waals surface area contributed by atoms with E-state index in [0.29, 0.717) is 0 Å². The van der Waals surface area contributed by atoms with E-state index in [-0.39, 0.29) is 84.1 Å². The number of hydrogen-bond donors (Lipinski definition) is 0. The van der Waals surface area contributed by atoms with Crippen LogP contribution in [-0.2, 0) is 28.8 Å². The zero-order valence-corrected chi connectivity index (χ0v) is 16.0. The Balaban J connectivity index is -0.000000108. The molecule has 0 bridgehead atoms. The molecule has 22 heavy (non-hydrogen) atoms. The molecule has 0 fully saturated rings. The summed E-state index contributed by atoms with van der Waals surface area (Å²) in [6, 6.07) is 0. The van der Waals surface area contributed by atoms with Crippen LogP contribution in [-0.4, -0.2) is 34.7 Å². The molecule has 0 heterocycles. The van der Waals surface area contributed by atoms with Gasteiger partial charge in [0.25, 0.3) is 0 Å². The second-order valence-corrected chi connectivity index (χ2v) is 4.10. The fourth-order valence-corrected chi connectivity index (χ4v) is 0.859. The maximum absolute atomic E-state index is 9.98. The molecular weight excluding hydrogens is 428 g/mol. The predicted molar refractivity (Wildman–Crippen MR) is 77.0 cm³/mol. The van der Waals surface area contributed by atoms with Crippen molar-refractivity contribution in [3.63, 3.8) is 0 Å². The first kappa shape index (κ1) is 29.3.